The Kier molecular flexibility index (Phi) is 5.20. The van der Waals surface area contributed by atoms with Crippen LogP contribution in [-0.4, -0.2) is 26.6 Å². The Morgan fingerprint density at radius 1 is 1.42 bits per heavy atom. The van der Waals surface area contributed by atoms with Crippen molar-refractivity contribution in [1.82, 2.24) is 5.32 Å². The number of anilines is 1. The highest BCUT2D eigenvalue weighted by atomic mass is 35.5. The number of hydrogen-bond acceptors (Lipinski definition) is 3. The van der Waals surface area contributed by atoms with Gasteiger partial charge in [-0.1, -0.05) is 18.5 Å². The van der Waals surface area contributed by atoms with Crippen LogP contribution in [0.3, 0.4) is 0 Å². The van der Waals surface area contributed by atoms with Crippen molar-refractivity contribution < 1.29 is 13.2 Å². The molecule has 0 bridgehead atoms. The Bertz CT molecular complexity index is 572. The van der Waals surface area contributed by atoms with Gasteiger partial charge in [-0.05, 0) is 31.5 Å². The molecule has 0 aliphatic carbocycles. The number of carbonyl (C=O) groups is 1. The van der Waals surface area contributed by atoms with E-state index in [1.54, 1.807) is 0 Å². The maximum Gasteiger partial charge on any atom is 0.251 e. The second kappa shape index (κ2) is 6.25. The molecule has 1 aromatic carbocycles. The van der Waals surface area contributed by atoms with E-state index in [4.69, 9.17) is 11.6 Å². The molecular formula is C12H17ClN2O3S. The third-order valence-electron chi connectivity index (χ3n) is 2.52. The average molecular weight is 305 g/mol. The van der Waals surface area contributed by atoms with Crippen molar-refractivity contribution in [1.29, 1.82) is 0 Å². The lowest BCUT2D eigenvalue weighted by Gasteiger charge is -2.12. The minimum Gasteiger partial charge on any atom is -0.350 e. The number of halogens is 1. The number of benzene rings is 1. The molecule has 7 heteroatoms. The number of rotatable bonds is 5. The summed E-state index contributed by atoms with van der Waals surface area (Å²) in [7, 11) is -3.39. The van der Waals surface area contributed by atoms with E-state index in [0.717, 1.165) is 12.7 Å². The number of nitrogens with one attached hydrogen (secondary N) is 2. The van der Waals surface area contributed by atoms with Gasteiger partial charge in [0.2, 0.25) is 10.0 Å². The van der Waals surface area contributed by atoms with E-state index >= 15 is 0 Å². The van der Waals surface area contributed by atoms with Crippen molar-refractivity contribution in [2.75, 3.05) is 11.0 Å². The first-order chi connectivity index (χ1) is 8.73. The molecule has 0 radical (unpaired) electrons. The normalized spacial score (nSPS) is 12.8. The summed E-state index contributed by atoms with van der Waals surface area (Å²) < 4.78 is 24.5. The van der Waals surface area contributed by atoms with Crippen LogP contribution in [0.1, 0.15) is 30.6 Å². The highest BCUT2D eigenvalue weighted by Gasteiger charge is 2.12. The molecule has 2 N–H and O–H groups in total. The zero-order valence-electron chi connectivity index (χ0n) is 11.0. The van der Waals surface area contributed by atoms with Crippen LogP contribution in [0.25, 0.3) is 0 Å². The number of amides is 1. The Morgan fingerprint density at radius 3 is 2.53 bits per heavy atom. The van der Waals surface area contributed by atoms with E-state index in [2.05, 4.69) is 10.0 Å². The molecular weight excluding hydrogens is 288 g/mol. The molecule has 0 aromatic heterocycles. The van der Waals surface area contributed by atoms with E-state index in [1.807, 2.05) is 13.8 Å². The number of sulfonamides is 1. The predicted molar refractivity (Wildman–Crippen MR) is 77.1 cm³/mol. The Morgan fingerprint density at radius 2 is 2.05 bits per heavy atom. The average Bonchev–Trinajstić information content (AvgIpc) is 2.29. The van der Waals surface area contributed by atoms with Gasteiger partial charge in [0.05, 0.1) is 17.0 Å². The fourth-order valence-corrected chi connectivity index (χ4v) is 2.21. The van der Waals surface area contributed by atoms with Crippen LogP contribution in [0.4, 0.5) is 5.69 Å². The first-order valence-corrected chi connectivity index (χ1v) is 8.08. The molecule has 106 valence electrons. The van der Waals surface area contributed by atoms with E-state index < -0.39 is 10.0 Å². The zero-order chi connectivity index (χ0) is 14.6. The van der Waals surface area contributed by atoms with Crippen molar-refractivity contribution in [3.05, 3.63) is 28.8 Å². The molecule has 0 saturated heterocycles. The van der Waals surface area contributed by atoms with Gasteiger partial charge < -0.3 is 5.32 Å². The zero-order valence-corrected chi connectivity index (χ0v) is 12.6. The second-order valence-corrected chi connectivity index (χ2v) is 6.51. The summed E-state index contributed by atoms with van der Waals surface area (Å²) >= 11 is 5.94. The van der Waals surface area contributed by atoms with Crippen LogP contribution in [0.15, 0.2) is 18.2 Å². The van der Waals surface area contributed by atoms with Crippen molar-refractivity contribution in [3.8, 4) is 0 Å². The fourth-order valence-electron chi connectivity index (χ4n) is 1.35. The summed E-state index contributed by atoms with van der Waals surface area (Å²) in [5, 5.41) is 2.99. The first-order valence-electron chi connectivity index (χ1n) is 5.81. The quantitative estimate of drug-likeness (QED) is 0.876. The molecule has 1 amide bonds. The number of carbonyl (C=O) groups excluding carboxylic acids is 1. The maximum absolute atomic E-state index is 11.9. The minimum atomic E-state index is -3.39. The second-order valence-electron chi connectivity index (χ2n) is 4.35. The molecule has 0 aliphatic rings. The van der Waals surface area contributed by atoms with E-state index in [1.165, 1.54) is 18.2 Å². The molecule has 0 unspecified atom stereocenters. The van der Waals surface area contributed by atoms with E-state index in [-0.39, 0.29) is 22.7 Å². The molecule has 1 rings (SSSR count). The van der Waals surface area contributed by atoms with Gasteiger partial charge in [0.25, 0.3) is 5.91 Å². The van der Waals surface area contributed by atoms with Gasteiger partial charge in [-0.3, -0.25) is 9.52 Å². The Labute approximate surface area is 118 Å². The predicted octanol–water partition coefficient (Wildman–Crippen LogP) is 2.24. The molecule has 0 fully saturated rings. The molecule has 0 aliphatic heterocycles. The van der Waals surface area contributed by atoms with Gasteiger partial charge in [-0.15, -0.1) is 0 Å². The molecule has 1 aromatic rings. The van der Waals surface area contributed by atoms with Crippen LogP contribution in [0.5, 0.6) is 0 Å². The van der Waals surface area contributed by atoms with Crippen molar-refractivity contribution in [2.24, 2.45) is 0 Å². The third kappa shape index (κ3) is 5.08. The highest BCUT2D eigenvalue weighted by Crippen LogP contribution is 2.23. The van der Waals surface area contributed by atoms with Crippen LogP contribution in [0, 0.1) is 0 Å². The maximum atomic E-state index is 11.9. The minimum absolute atomic E-state index is 0.0695. The number of hydrogen-bond donors (Lipinski definition) is 2. The van der Waals surface area contributed by atoms with E-state index in [9.17, 15) is 13.2 Å². The van der Waals surface area contributed by atoms with Gasteiger partial charge in [-0.25, -0.2) is 8.42 Å². The third-order valence-corrected chi connectivity index (χ3v) is 3.42. The summed E-state index contributed by atoms with van der Waals surface area (Å²) in [6, 6.07) is 4.50. The van der Waals surface area contributed by atoms with Crippen LogP contribution in [0.2, 0.25) is 5.02 Å². The molecule has 0 heterocycles. The lowest BCUT2D eigenvalue weighted by atomic mass is 10.1. The smallest absolute Gasteiger partial charge is 0.251 e. The standard InChI is InChI=1S/C12H17ClN2O3S/c1-4-8(2)14-12(16)9-5-6-11(10(13)7-9)15-19(3,17)18/h5-8,15H,4H2,1-3H3,(H,14,16)/t8-/m1/s1. The summed E-state index contributed by atoms with van der Waals surface area (Å²) in [5.41, 5.74) is 0.647. The topological polar surface area (TPSA) is 75.3 Å². The van der Waals surface area contributed by atoms with Crippen LogP contribution >= 0.6 is 11.6 Å². The van der Waals surface area contributed by atoms with E-state index in [0.29, 0.717) is 5.56 Å². The molecule has 5 nitrogen and oxygen atoms in total. The van der Waals surface area contributed by atoms with Crippen molar-refractivity contribution >= 4 is 33.2 Å². The van der Waals surface area contributed by atoms with Crippen molar-refractivity contribution in [2.45, 2.75) is 26.3 Å². The summed E-state index contributed by atoms with van der Waals surface area (Å²) in [5.74, 6) is -0.234. The molecule has 0 spiro atoms. The van der Waals surface area contributed by atoms with Gasteiger partial charge >= 0.3 is 0 Å². The molecule has 1 atom stereocenters. The summed E-state index contributed by atoms with van der Waals surface area (Å²) in [6.07, 6.45) is 1.86. The Balaban J connectivity index is 2.91. The van der Waals surface area contributed by atoms with Gasteiger partial charge in [0.15, 0.2) is 0 Å². The van der Waals surface area contributed by atoms with Gasteiger partial charge in [0.1, 0.15) is 0 Å². The lowest BCUT2D eigenvalue weighted by molar-refractivity contribution is 0.0939. The molecule has 0 saturated carbocycles. The van der Waals surface area contributed by atoms with Gasteiger partial charge in [-0.2, -0.15) is 0 Å². The van der Waals surface area contributed by atoms with Crippen LogP contribution < -0.4 is 10.0 Å². The largest absolute Gasteiger partial charge is 0.350 e. The SMILES string of the molecule is CC[C@@H](C)NC(=O)c1ccc(NS(C)(=O)=O)c(Cl)c1. The first kappa shape index (κ1) is 15.8. The lowest BCUT2D eigenvalue weighted by Crippen LogP contribution is -2.31. The highest BCUT2D eigenvalue weighted by molar-refractivity contribution is 7.92. The molecule has 19 heavy (non-hydrogen) atoms. The summed E-state index contributed by atoms with van der Waals surface area (Å²) in [4.78, 5) is 11.9. The van der Waals surface area contributed by atoms with Crippen molar-refractivity contribution in [3.63, 3.8) is 0 Å². The van der Waals surface area contributed by atoms with Crippen LogP contribution in [-0.2, 0) is 10.0 Å². The monoisotopic (exact) mass is 304 g/mol. The summed E-state index contributed by atoms with van der Waals surface area (Å²) in [6.45, 7) is 3.87. The Hall–Kier alpha value is -1.27. The fraction of sp³-hybridized carbons (Fsp3) is 0.417. The van der Waals surface area contributed by atoms with Gasteiger partial charge in [0, 0.05) is 11.6 Å².